The highest BCUT2D eigenvalue weighted by molar-refractivity contribution is 5.94. The highest BCUT2D eigenvalue weighted by atomic mass is 16.2. The molecule has 0 spiro atoms. The monoisotopic (exact) mass is 282 g/mol. The molecule has 1 fully saturated rings. The van der Waals surface area contributed by atoms with Gasteiger partial charge < -0.3 is 9.47 Å². The lowest BCUT2D eigenvalue weighted by atomic mass is 10.2. The third kappa shape index (κ3) is 2.33. The molecule has 5 nitrogen and oxygen atoms in total. The summed E-state index contributed by atoms with van der Waals surface area (Å²) in [7, 11) is 0. The van der Waals surface area contributed by atoms with Crippen LogP contribution < -0.4 is 0 Å². The Balaban J connectivity index is 1.53. The van der Waals surface area contributed by atoms with Crippen LogP contribution in [0.1, 0.15) is 40.8 Å². The van der Waals surface area contributed by atoms with E-state index in [0.717, 1.165) is 43.3 Å². The van der Waals surface area contributed by atoms with Gasteiger partial charge in [0.25, 0.3) is 5.91 Å². The standard InChI is InChI=1S/C16H18N4O/c21-16(13-4-2-1-3-5-13)19-9-8-14-17-18-15(12-6-7-12)20(14)11-10-19/h1-5,12H,6-11H2. The molecule has 2 aromatic rings. The normalized spacial score (nSPS) is 18.2. The van der Waals surface area contributed by atoms with Crippen LogP contribution in [0.3, 0.4) is 0 Å². The lowest BCUT2D eigenvalue weighted by Crippen LogP contribution is -2.33. The second-order valence-corrected chi connectivity index (χ2v) is 5.81. The lowest BCUT2D eigenvalue weighted by molar-refractivity contribution is 0.0758. The van der Waals surface area contributed by atoms with E-state index in [1.54, 1.807) is 0 Å². The first-order valence-electron chi connectivity index (χ1n) is 7.59. The molecule has 21 heavy (non-hydrogen) atoms. The third-order valence-electron chi connectivity index (χ3n) is 4.31. The smallest absolute Gasteiger partial charge is 0.253 e. The van der Waals surface area contributed by atoms with E-state index in [0.29, 0.717) is 5.92 Å². The summed E-state index contributed by atoms with van der Waals surface area (Å²) < 4.78 is 2.23. The third-order valence-corrected chi connectivity index (χ3v) is 4.31. The van der Waals surface area contributed by atoms with Crippen LogP contribution in [0, 0.1) is 0 Å². The summed E-state index contributed by atoms with van der Waals surface area (Å²) in [6, 6.07) is 9.50. The van der Waals surface area contributed by atoms with Crippen LogP contribution in [0.4, 0.5) is 0 Å². The van der Waals surface area contributed by atoms with Gasteiger partial charge in [-0.15, -0.1) is 10.2 Å². The van der Waals surface area contributed by atoms with Gasteiger partial charge in [-0.3, -0.25) is 4.79 Å². The minimum atomic E-state index is 0.113. The topological polar surface area (TPSA) is 51.0 Å². The van der Waals surface area contributed by atoms with Gasteiger partial charge in [0.2, 0.25) is 0 Å². The average Bonchev–Trinajstić information content (AvgIpc) is 3.33. The zero-order chi connectivity index (χ0) is 14.2. The zero-order valence-corrected chi connectivity index (χ0v) is 11.9. The van der Waals surface area contributed by atoms with E-state index in [-0.39, 0.29) is 5.91 Å². The summed E-state index contributed by atoms with van der Waals surface area (Å²) in [5.41, 5.74) is 0.762. The fourth-order valence-corrected chi connectivity index (χ4v) is 2.96. The summed E-state index contributed by atoms with van der Waals surface area (Å²) in [5.74, 6) is 2.86. The van der Waals surface area contributed by atoms with Gasteiger partial charge in [0.15, 0.2) is 0 Å². The van der Waals surface area contributed by atoms with Crippen molar-refractivity contribution in [2.45, 2.75) is 31.7 Å². The number of nitrogens with zero attached hydrogens (tertiary/aromatic N) is 4. The molecule has 108 valence electrons. The maximum Gasteiger partial charge on any atom is 0.253 e. The van der Waals surface area contributed by atoms with E-state index >= 15 is 0 Å². The molecule has 1 aromatic carbocycles. The number of carbonyl (C=O) groups excluding carboxylic acids is 1. The molecule has 2 heterocycles. The molecule has 4 rings (SSSR count). The Morgan fingerprint density at radius 3 is 2.62 bits per heavy atom. The average molecular weight is 282 g/mol. The van der Waals surface area contributed by atoms with Crippen LogP contribution in [-0.2, 0) is 13.0 Å². The van der Waals surface area contributed by atoms with Crippen LogP contribution in [0.25, 0.3) is 0 Å². The summed E-state index contributed by atoms with van der Waals surface area (Å²) in [6.45, 7) is 2.27. The molecule has 1 aromatic heterocycles. The van der Waals surface area contributed by atoms with Crippen molar-refractivity contribution in [3.63, 3.8) is 0 Å². The molecule has 0 radical (unpaired) electrons. The Morgan fingerprint density at radius 1 is 1.05 bits per heavy atom. The van der Waals surface area contributed by atoms with Gasteiger partial charge in [-0.05, 0) is 25.0 Å². The first-order valence-corrected chi connectivity index (χ1v) is 7.59. The number of fused-ring (bicyclic) bond motifs is 1. The van der Waals surface area contributed by atoms with Crippen LogP contribution in [-0.4, -0.2) is 38.7 Å². The Kier molecular flexibility index (Phi) is 2.98. The minimum Gasteiger partial charge on any atom is -0.336 e. The molecule has 1 aliphatic heterocycles. The predicted molar refractivity (Wildman–Crippen MR) is 78.0 cm³/mol. The second-order valence-electron chi connectivity index (χ2n) is 5.81. The number of rotatable bonds is 2. The van der Waals surface area contributed by atoms with Crippen molar-refractivity contribution in [3.8, 4) is 0 Å². The van der Waals surface area contributed by atoms with Gasteiger partial charge in [-0.25, -0.2) is 0 Å². The molecule has 1 amide bonds. The number of amides is 1. The van der Waals surface area contributed by atoms with Gasteiger partial charge in [0.1, 0.15) is 11.6 Å². The first kappa shape index (κ1) is 12.6. The maximum atomic E-state index is 12.5. The molecule has 1 saturated carbocycles. The maximum absolute atomic E-state index is 12.5. The SMILES string of the molecule is O=C(c1ccccc1)N1CCc2nnc(C3CC3)n2CC1. The Morgan fingerprint density at radius 2 is 1.86 bits per heavy atom. The molecule has 5 heteroatoms. The van der Waals surface area contributed by atoms with Crippen molar-refractivity contribution in [3.05, 3.63) is 47.5 Å². The van der Waals surface area contributed by atoms with E-state index in [2.05, 4.69) is 14.8 Å². The summed E-state index contributed by atoms with van der Waals surface area (Å²) in [6.07, 6.45) is 3.24. The summed E-state index contributed by atoms with van der Waals surface area (Å²) >= 11 is 0. The molecule has 0 N–H and O–H groups in total. The van der Waals surface area contributed by atoms with Gasteiger partial charge in [-0.2, -0.15) is 0 Å². The Labute approximate surface area is 123 Å². The summed E-state index contributed by atoms with van der Waals surface area (Å²) in [4.78, 5) is 14.5. The Hall–Kier alpha value is -2.17. The van der Waals surface area contributed by atoms with Crippen molar-refractivity contribution in [1.29, 1.82) is 0 Å². The largest absolute Gasteiger partial charge is 0.336 e. The van der Waals surface area contributed by atoms with Gasteiger partial charge >= 0.3 is 0 Å². The molecular formula is C16H18N4O. The van der Waals surface area contributed by atoms with Crippen LogP contribution in [0.2, 0.25) is 0 Å². The van der Waals surface area contributed by atoms with Gasteiger partial charge in [0, 0.05) is 37.5 Å². The van der Waals surface area contributed by atoms with Gasteiger partial charge in [-0.1, -0.05) is 18.2 Å². The molecular weight excluding hydrogens is 264 g/mol. The van der Waals surface area contributed by atoms with Crippen LogP contribution >= 0.6 is 0 Å². The Bertz CT molecular complexity index is 660. The molecule has 0 saturated heterocycles. The number of aromatic nitrogens is 3. The van der Waals surface area contributed by atoms with E-state index in [1.165, 1.54) is 12.8 Å². The number of hydrogen-bond acceptors (Lipinski definition) is 3. The molecule has 0 atom stereocenters. The van der Waals surface area contributed by atoms with Crippen molar-refractivity contribution >= 4 is 5.91 Å². The predicted octanol–water partition coefficient (Wildman–Crippen LogP) is 1.85. The first-order chi connectivity index (χ1) is 10.3. The van der Waals surface area contributed by atoms with Crippen molar-refractivity contribution in [2.75, 3.05) is 13.1 Å². The minimum absolute atomic E-state index is 0.113. The van der Waals surface area contributed by atoms with Crippen molar-refractivity contribution in [1.82, 2.24) is 19.7 Å². The highest BCUT2D eigenvalue weighted by Crippen LogP contribution is 2.39. The van der Waals surface area contributed by atoms with Crippen LogP contribution in [0.5, 0.6) is 0 Å². The number of benzene rings is 1. The number of hydrogen-bond donors (Lipinski definition) is 0. The summed E-state index contributed by atoms with van der Waals surface area (Å²) in [5, 5.41) is 8.66. The van der Waals surface area contributed by atoms with Crippen molar-refractivity contribution in [2.24, 2.45) is 0 Å². The lowest BCUT2D eigenvalue weighted by Gasteiger charge is -2.20. The fourth-order valence-electron chi connectivity index (χ4n) is 2.96. The van der Waals surface area contributed by atoms with E-state index in [9.17, 15) is 4.79 Å². The molecule has 2 aliphatic rings. The molecule has 0 unspecified atom stereocenters. The van der Waals surface area contributed by atoms with E-state index in [4.69, 9.17) is 0 Å². The highest BCUT2D eigenvalue weighted by Gasteiger charge is 2.31. The fraction of sp³-hybridized carbons (Fsp3) is 0.438. The van der Waals surface area contributed by atoms with Gasteiger partial charge in [0.05, 0.1) is 0 Å². The quantitative estimate of drug-likeness (QED) is 0.844. The van der Waals surface area contributed by atoms with E-state index in [1.807, 2.05) is 35.2 Å². The van der Waals surface area contributed by atoms with Crippen LogP contribution in [0.15, 0.2) is 30.3 Å². The molecule has 0 bridgehead atoms. The van der Waals surface area contributed by atoms with Crippen molar-refractivity contribution < 1.29 is 4.79 Å². The number of carbonyl (C=O) groups is 1. The zero-order valence-electron chi connectivity index (χ0n) is 11.9. The van der Waals surface area contributed by atoms with E-state index < -0.39 is 0 Å². The second kappa shape index (κ2) is 4.98. The molecule has 1 aliphatic carbocycles.